The molecule has 0 saturated carbocycles. The zero-order chi connectivity index (χ0) is 10.7. The number of hydrogen-bond donors (Lipinski definition) is 2. The van der Waals surface area contributed by atoms with Crippen LogP contribution in [0.4, 0.5) is 0 Å². The molecule has 0 saturated heterocycles. The standard InChI is InChI=1S/C12H17NO.ClH/c1-8(2)6-11(13)10-7-9(3)4-5-12(10)14;/h4-5,7,11,14H,1,6,13H2,2-3H3;1H/t11-;/m0./s1. The van der Waals surface area contributed by atoms with Gasteiger partial charge in [-0.25, -0.2) is 0 Å². The molecule has 3 heteroatoms. The van der Waals surface area contributed by atoms with E-state index in [1.807, 2.05) is 26.0 Å². The number of nitrogens with two attached hydrogens (primary N) is 1. The Balaban J connectivity index is 0.00000196. The first-order valence-electron chi connectivity index (χ1n) is 4.70. The summed E-state index contributed by atoms with van der Waals surface area (Å²) >= 11 is 0. The summed E-state index contributed by atoms with van der Waals surface area (Å²) in [6, 6.07) is 5.31. The molecule has 0 unspecified atom stereocenters. The van der Waals surface area contributed by atoms with Crippen molar-refractivity contribution in [3.8, 4) is 5.75 Å². The molecule has 2 nitrogen and oxygen atoms in total. The molecular weight excluding hydrogens is 210 g/mol. The van der Waals surface area contributed by atoms with E-state index in [0.717, 1.165) is 16.7 Å². The Labute approximate surface area is 97.2 Å². The van der Waals surface area contributed by atoms with Gasteiger partial charge in [-0.1, -0.05) is 23.3 Å². The predicted molar refractivity (Wildman–Crippen MR) is 66.5 cm³/mol. The van der Waals surface area contributed by atoms with Gasteiger partial charge in [0.25, 0.3) is 0 Å². The van der Waals surface area contributed by atoms with Gasteiger partial charge in [0.1, 0.15) is 5.75 Å². The van der Waals surface area contributed by atoms with Crippen molar-refractivity contribution in [1.82, 2.24) is 0 Å². The van der Waals surface area contributed by atoms with Crippen LogP contribution in [0.1, 0.15) is 30.5 Å². The van der Waals surface area contributed by atoms with E-state index >= 15 is 0 Å². The highest BCUT2D eigenvalue weighted by atomic mass is 35.5. The van der Waals surface area contributed by atoms with Gasteiger partial charge in [0.2, 0.25) is 0 Å². The Morgan fingerprint density at radius 2 is 2.13 bits per heavy atom. The maximum Gasteiger partial charge on any atom is 0.120 e. The number of phenols is 1. The minimum atomic E-state index is -0.160. The Morgan fingerprint density at radius 1 is 1.53 bits per heavy atom. The largest absolute Gasteiger partial charge is 0.508 e. The molecule has 1 atom stereocenters. The first kappa shape index (κ1) is 14.0. The molecule has 0 spiro atoms. The third-order valence-corrected chi connectivity index (χ3v) is 2.15. The average Bonchev–Trinajstić information content (AvgIpc) is 2.08. The van der Waals surface area contributed by atoms with Crippen molar-refractivity contribution in [2.45, 2.75) is 26.3 Å². The van der Waals surface area contributed by atoms with Crippen LogP contribution in [0.15, 0.2) is 30.4 Å². The Morgan fingerprint density at radius 3 is 2.67 bits per heavy atom. The summed E-state index contributed by atoms with van der Waals surface area (Å²) in [5.74, 6) is 0.268. The van der Waals surface area contributed by atoms with E-state index in [1.54, 1.807) is 6.07 Å². The number of rotatable bonds is 3. The highest BCUT2D eigenvalue weighted by Gasteiger charge is 2.10. The number of halogens is 1. The minimum absolute atomic E-state index is 0. The lowest BCUT2D eigenvalue weighted by molar-refractivity contribution is 0.461. The maximum atomic E-state index is 9.61. The Bertz CT molecular complexity index is 349. The first-order valence-corrected chi connectivity index (χ1v) is 4.70. The van der Waals surface area contributed by atoms with Crippen molar-refractivity contribution in [3.05, 3.63) is 41.5 Å². The van der Waals surface area contributed by atoms with Crippen molar-refractivity contribution in [2.24, 2.45) is 5.73 Å². The molecule has 3 N–H and O–H groups in total. The molecule has 0 aliphatic rings. The zero-order valence-corrected chi connectivity index (χ0v) is 9.97. The van der Waals surface area contributed by atoms with Crippen LogP contribution in [-0.4, -0.2) is 5.11 Å². The van der Waals surface area contributed by atoms with Crippen LogP contribution in [0.2, 0.25) is 0 Å². The number of aromatic hydroxyl groups is 1. The predicted octanol–water partition coefficient (Wildman–Crippen LogP) is 3.09. The van der Waals surface area contributed by atoms with Crippen LogP contribution in [0.25, 0.3) is 0 Å². The van der Waals surface area contributed by atoms with E-state index in [4.69, 9.17) is 5.73 Å². The third kappa shape index (κ3) is 3.94. The summed E-state index contributed by atoms with van der Waals surface area (Å²) in [5, 5.41) is 9.61. The molecule has 1 aromatic rings. The average molecular weight is 228 g/mol. The number of aryl methyl sites for hydroxylation is 1. The van der Waals surface area contributed by atoms with Gasteiger partial charge in [-0.3, -0.25) is 0 Å². The highest BCUT2D eigenvalue weighted by molar-refractivity contribution is 5.85. The van der Waals surface area contributed by atoms with E-state index < -0.39 is 0 Å². The van der Waals surface area contributed by atoms with Crippen LogP contribution < -0.4 is 5.73 Å². The van der Waals surface area contributed by atoms with Gasteiger partial charge in [0.15, 0.2) is 0 Å². The van der Waals surface area contributed by atoms with Crippen molar-refractivity contribution < 1.29 is 5.11 Å². The van der Waals surface area contributed by atoms with E-state index in [9.17, 15) is 5.11 Å². The van der Waals surface area contributed by atoms with Gasteiger partial charge in [0.05, 0.1) is 0 Å². The minimum Gasteiger partial charge on any atom is -0.508 e. The topological polar surface area (TPSA) is 46.2 Å². The van der Waals surface area contributed by atoms with Crippen molar-refractivity contribution in [3.63, 3.8) is 0 Å². The van der Waals surface area contributed by atoms with Gasteiger partial charge >= 0.3 is 0 Å². The molecule has 0 aliphatic carbocycles. The lowest BCUT2D eigenvalue weighted by atomic mass is 9.99. The molecule has 0 amide bonds. The van der Waals surface area contributed by atoms with E-state index in [1.165, 1.54) is 0 Å². The van der Waals surface area contributed by atoms with Crippen molar-refractivity contribution >= 4 is 12.4 Å². The molecule has 0 bridgehead atoms. The van der Waals surface area contributed by atoms with Crippen LogP contribution >= 0.6 is 12.4 Å². The molecule has 0 fully saturated rings. The monoisotopic (exact) mass is 227 g/mol. The fourth-order valence-electron chi connectivity index (χ4n) is 1.46. The van der Waals surface area contributed by atoms with E-state index in [-0.39, 0.29) is 24.2 Å². The summed E-state index contributed by atoms with van der Waals surface area (Å²) in [4.78, 5) is 0. The van der Waals surface area contributed by atoms with Gasteiger partial charge in [-0.15, -0.1) is 19.0 Å². The fraction of sp³-hybridized carbons (Fsp3) is 0.333. The van der Waals surface area contributed by atoms with Crippen molar-refractivity contribution in [1.29, 1.82) is 0 Å². The molecule has 1 rings (SSSR count). The summed E-state index contributed by atoms with van der Waals surface area (Å²) in [6.07, 6.45) is 0.705. The summed E-state index contributed by atoms with van der Waals surface area (Å²) in [7, 11) is 0. The second-order valence-corrected chi connectivity index (χ2v) is 3.83. The second-order valence-electron chi connectivity index (χ2n) is 3.83. The summed E-state index contributed by atoms with van der Waals surface area (Å²) < 4.78 is 0. The zero-order valence-electron chi connectivity index (χ0n) is 9.16. The quantitative estimate of drug-likeness (QED) is 0.780. The Hall–Kier alpha value is -0.990. The molecule has 15 heavy (non-hydrogen) atoms. The normalized spacial score (nSPS) is 11.7. The molecule has 0 radical (unpaired) electrons. The summed E-state index contributed by atoms with van der Waals surface area (Å²) in [5.41, 5.74) is 8.88. The van der Waals surface area contributed by atoms with Gasteiger partial charge in [-0.05, 0) is 26.3 Å². The van der Waals surface area contributed by atoms with Crippen LogP contribution in [-0.2, 0) is 0 Å². The van der Waals surface area contributed by atoms with Crippen molar-refractivity contribution in [2.75, 3.05) is 0 Å². The molecule has 0 aliphatic heterocycles. The third-order valence-electron chi connectivity index (χ3n) is 2.15. The lowest BCUT2D eigenvalue weighted by Gasteiger charge is -2.14. The molecule has 0 heterocycles. The number of benzene rings is 1. The lowest BCUT2D eigenvalue weighted by Crippen LogP contribution is -2.10. The first-order chi connectivity index (χ1) is 6.50. The summed E-state index contributed by atoms with van der Waals surface area (Å²) in [6.45, 7) is 7.73. The smallest absolute Gasteiger partial charge is 0.120 e. The van der Waals surface area contributed by atoms with E-state index in [2.05, 4.69) is 6.58 Å². The number of phenolic OH excluding ortho intramolecular Hbond substituents is 1. The van der Waals surface area contributed by atoms with Gasteiger partial charge in [0, 0.05) is 11.6 Å². The molecule has 0 aromatic heterocycles. The van der Waals surface area contributed by atoms with Crippen LogP contribution in [0.3, 0.4) is 0 Å². The SMILES string of the molecule is C=C(C)C[C@H](N)c1cc(C)ccc1O.Cl. The van der Waals surface area contributed by atoms with Gasteiger partial charge < -0.3 is 10.8 Å². The number of hydrogen-bond acceptors (Lipinski definition) is 2. The fourth-order valence-corrected chi connectivity index (χ4v) is 1.46. The van der Waals surface area contributed by atoms with E-state index in [0.29, 0.717) is 6.42 Å². The molecule has 1 aromatic carbocycles. The Kier molecular flexibility index (Phi) is 5.40. The highest BCUT2D eigenvalue weighted by Crippen LogP contribution is 2.27. The maximum absolute atomic E-state index is 9.61. The second kappa shape index (κ2) is 5.79. The van der Waals surface area contributed by atoms with Crippen LogP contribution in [0.5, 0.6) is 5.75 Å². The molecular formula is C12H18ClNO. The molecule has 84 valence electrons. The van der Waals surface area contributed by atoms with Crippen LogP contribution in [0, 0.1) is 6.92 Å². The van der Waals surface area contributed by atoms with Gasteiger partial charge in [-0.2, -0.15) is 0 Å².